The molecule has 2 N–H and O–H groups in total. The molecule has 4 nitrogen and oxygen atoms in total. The number of likely N-dealkylation sites (tertiary alicyclic amines) is 1. The molecule has 0 bridgehead atoms. The van der Waals surface area contributed by atoms with Crippen LogP contribution in [0.1, 0.15) is 57.8 Å². The third-order valence-corrected chi connectivity index (χ3v) is 5.87. The van der Waals surface area contributed by atoms with Gasteiger partial charge in [-0.1, -0.05) is 32.1 Å². The Labute approximate surface area is 134 Å². The molecule has 1 aliphatic heterocycles. The highest BCUT2D eigenvalue weighted by Crippen LogP contribution is 2.50. The molecule has 126 valence electrons. The quantitative estimate of drug-likeness (QED) is 0.767. The van der Waals surface area contributed by atoms with E-state index in [1.807, 2.05) is 0 Å². The second-order valence-corrected chi connectivity index (χ2v) is 7.44. The monoisotopic (exact) mass is 308 g/mol. The minimum Gasteiger partial charge on any atom is -0.378 e. The molecule has 0 radical (unpaired) electrons. The van der Waals surface area contributed by atoms with E-state index in [4.69, 9.17) is 10.5 Å². The predicted molar refractivity (Wildman–Crippen MR) is 87.4 cm³/mol. The normalized spacial score (nSPS) is 30.5. The zero-order valence-corrected chi connectivity index (χ0v) is 13.8. The van der Waals surface area contributed by atoms with Crippen LogP contribution in [0, 0.1) is 17.8 Å². The third-order valence-electron chi connectivity index (χ3n) is 5.87. The molecule has 0 unspecified atom stereocenters. The second kappa shape index (κ2) is 7.78. The van der Waals surface area contributed by atoms with Crippen LogP contribution in [-0.4, -0.2) is 43.2 Å². The lowest BCUT2D eigenvalue weighted by Gasteiger charge is -2.32. The van der Waals surface area contributed by atoms with E-state index in [0.29, 0.717) is 30.4 Å². The maximum atomic E-state index is 12.6. The van der Waals surface area contributed by atoms with E-state index < -0.39 is 0 Å². The van der Waals surface area contributed by atoms with Crippen LogP contribution in [0.25, 0.3) is 0 Å². The van der Waals surface area contributed by atoms with Gasteiger partial charge < -0.3 is 15.4 Å². The molecule has 1 amide bonds. The van der Waals surface area contributed by atoms with Gasteiger partial charge in [0.2, 0.25) is 5.91 Å². The van der Waals surface area contributed by atoms with Crippen molar-refractivity contribution in [2.45, 2.75) is 63.9 Å². The fourth-order valence-corrected chi connectivity index (χ4v) is 4.39. The van der Waals surface area contributed by atoms with Crippen molar-refractivity contribution in [2.75, 3.05) is 26.2 Å². The Morgan fingerprint density at radius 2 is 1.82 bits per heavy atom. The first kappa shape index (κ1) is 16.3. The number of nitrogens with zero attached hydrogens (tertiary/aromatic N) is 1. The summed E-state index contributed by atoms with van der Waals surface area (Å²) in [5, 5.41) is 0. The highest BCUT2D eigenvalue weighted by molar-refractivity contribution is 5.81. The molecule has 2 aliphatic carbocycles. The first-order valence-corrected chi connectivity index (χ1v) is 9.40. The molecule has 3 fully saturated rings. The Hall–Kier alpha value is -0.610. The molecule has 0 aromatic rings. The van der Waals surface area contributed by atoms with Crippen LogP contribution in [0.4, 0.5) is 0 Å². The second-order valence-electron chi connectivity index (χ2n) is 7.44. The zero-order chi connectivity index (χ0) is 15.4. The van der Waals surface area contributed by atoms with Gasteiger partial charge in [0.1, 0.15) is 0 Å². The molecule has 0 aromatic carbocycles. The highest BCUT2D eigenvalue weighted by Gasteiger charge is 2.49. The molecule has 3 rings (SSSR count). The molecule has 1 heterocycles. The number of ether oxygens (including phenoxy) is 1. The lowest BCUT2D eigenvalue weighted by molar-refractivity contribution is -0.135. The van der Waals surface area contributed by atoms with Crippen LogP contribution in [0.5, 0.6) is 0 Å². The van der Waals surface area contributed by atoms with Crippen molar-refractivity contribution in [2.24, 2.45) is 23.5 Å². The molecule has 2 atom stereocenters. The summed E-state index contributed by atoms with van der Waals surface area (Å²) in [6.45, 7) is 3.24. The number of nitrogens with two attached hydrogens (primary N) is 1. The lowest BCUT2D eigenvalue weighted by atomic mass is 9.85. The number of carbonyl (C=O) groups is 1. The van der Waals surface area contributed by atoms with Gasteiger partial charge in [-0.3, -0.25) is 4.79 Å². The molecule has 4 heteroatoms. The number of piperidine rings is 1. The first-order chi connectivity index (χ1) is 10.8. The largest absolute Gasteiger partial charge is 0.378 e. The average molecular weight is 308 g/mol. The van der Waals surface area contributed by atoms with Gasteiger partial charge in [-0.05, 0) is 44.1 Å². The van der Waals surface area contributed by atoms with Crippen molar-refractivity contribution < 1.29 is 9.53 Å². The van der Waals surface area contributed by atoms with Crippen LogP contribution in [-0.2, 0) is 9.53 Å². The van der Waals surface area contributed by atoms with Gasteiger partial charge in [0.05, 0.1) is 6.10 Å². The molecule has 0 aromatic heterocycles. The number of rotatable bonds is 6. The Morgan fingerprint density at radius 1 is 1.09 bits per heavy atom. The predicted octanol–water partition coefficient (Wildman–Crippen LogP) is 2.56. The summed E-state index contributed by atoms with van der Waals surface area (Å²) < 4.78 is 5.83. The van der Waals surface area contributed by atoms with E-state index in [0.717, 1.165) is 51.3 Å². The number of hydrogen-bond acceptors (Lipinski definition) is 3. The Bertz CT molecular complexity index is 360. The smallest absolute Gasteiger partial charge is 0.225 e. The van der Waals surface area contributed by atoms with Gasteiger partial charge in [0.15, 0.2) is 0 Å². The molecule has 0 spiro atoms. The average Bonchev–Trinajstić information content (AvgIpc) is 3.37. The fraction of sp³-hybridized carbons (Fsp3) is 0.944. The zero-order valence-electron chi connectivity index (χ0n) is 13.8. The van der Waals surface area contributed by atoms with Gasteiger partial charge in [0.25, 0.3) is 0 Å². The Kier molecular flexibility index (Phi) is 5.75. The van der Waals surface area contributed by atoms with Crippen LogP contribution in [0.2, 0.25) is 0 Å². The highest BCUT2D eigenvalue weighted by atomic mass is 16.5. The van der Waals surface area contributed by atoms with Gasteiger partial charge in [0, 0.05) is 25.6 Å². The van der Waals surface area contributed by atoms with Crippen molar-refractivity contribution in [1.82, 2.24) is 4.90 Å². The standard InChI is InChI=1S/C18H32N2O2/c19-9-4-12-22-15-7-10-20(11-8-15)18(21)17-13-16(17)14-5-2-1-3-6-14/h14-17H,1-13,19H2/t16-,17-/m1/s1. The van der Waals surface area contributed by atoms with Crippen molar-refractivity contribution in [3.63, 3.8) is 0 Å². The van der Waals surface area contributed by atoms with Crippen molar-refractivity contribution in [1.29, 1.82) is 0 Å². The summed E-state index contributed by atoms with van der Waals surface area (Å²) >= 11 is 0. The van der Waals surface area contributed by atoms with Crippen molar-refractivity contribution in [3.05, 3.63) is 0 Å². The van der Waals surface area contributed by atoms with Crippen molar-refractivity contribution >= 4 is 5.91 Å². The molecule has 3 aliphatic rings. The van der Waals surface area contributed by atoms with Crippen LogP contribution in [0.15, 0.2) is 0 Å². The summed E-state index contributed by atoms with van der Waals surface area (Å²) in [6.07, 6.45) is 11.3. The Morgan fingerprint density at radius 3 is 2.50 bits per heavy atom. The number of carbonyl (C=O) groups excluding carboxylic acids is 1. The number of amides is 1. The molecule has 1 saturated heterocycles. The maximum Gasteiger partial charge on any atom is 0.225 e. The number of hydrogen-bond donors (Lipinski definition) is 1. The topological polar surface area (TPSA) is 55.6 Å². The maximum absolute atomic E-state index is 12.6. The van der Waals surface area contributed by atoms with E-state index in [1.54, 1.807) is 0 Å². The first-order valence-electron chi connectivity index (χ1n) is 9.40. The van der Waals surface area contributed by atoms with Crippen LogP contribution < -0.4 is 5.73 Å². The summed E-state index contributed by atoms with van der Waals surface area (Å²) in [6, 6.07) is 0. The van der Waals surface area contributed by atoms with E-state index in [2.05, 4.69) is 4.90 Å². The SMILES string of the molecule is NCCCOC1CCN(C(=O)[C@@H]2C[C@@H]2C2CCCCC2)CC1. The molecule has 2 saturated carbocycles. The Balaban J connectivity index is 1.37. The summed E-state index contributed by atoms with van der Waals surface area (Å²) in [5.74, 6) is 2.36. The van der Waals surface area contributed by atoms with Gasteiger partial charge >= 0.3 is 0 Å². The van der Waals surface area contributed by atoms with Crippen LogP contribution in [0.3, 0.4) is 0 Å². The van der Waals surface area contributed by atoms with Gasteiger partial charge in [-0.15, -0.1) is 0 Å². The van der Waals surface area contributed by atoms with Crippen LogP contribution >= 0.6 is 0 Å². The van der Waals surface area contributed by atoms with Crippen molar-refractivity contribution in [3.8, 4) is 0 Å². The summed E-state index contributed by atoms with van der Waals surface area (Å²) in [5.41, 5.74) is 5.49. The van der Waals surface area contributed by atoms with Gasteiger partial charge in [-0.25, -0.2) is 0 Å². The van der Waals surface area contributed by atoms with E-state index in [9.17, 15) is 4.79 Å². The lowest BCUT2D eigenvalue weighted by Crippen LogP contribution is -2.42. The molecule has 22 heavy (non-hydrogen) atoms. The van der Waals surface area contributed by atoms with E-state index in [-0.39, 0.29) is 0 Å². The molecular weight excluding hydrogens is 276 g/mol. The molecular formula is C18H32N2O2. The summed E-state index contributed by atoms with van der Waals surface area (Å²) in [4.78, 5) is 14.8. The summed E-state index contributed by atoms with van der Waals surface area (Å²) in [7, 11) is 0. The van der Waals surface area contributed by atoms with Gasteiger partial charge in [-0.2, -0.15) is 0 Å². The minimum atomic E-state index is 0.337. The minimum absolute atomic E-state index is 0.337. The fourth-order valence-electron chi connectivity index (χ4n) is 4.39. The van der Waals surface area contributed by atoms with E-state index in [1.165, 1.54) is 32.1 Å². The van der Waals surface area contributed by atoms with E-state index >= 15 is 0 Å². The third kappa shape index (κ3) is 4.02.